The molecule has 0 aliphatic carbocycles. The molecule has 0 unspecified atom stereocenters. The van der Waals surface area contributed by atoms with Crippen molar-refractivity contribution in [3.05, 3.63) is 66.7 Å². The van der Waals surface area contributed by atoms with Crippen LogP contribution in [0.15, 0.2) is 66.7 Å². The van der Waals surface area contributed by atoms with Crippen molar-refractivity contribution in [2.45, 2.75) is 12.5 Å². The van der Waals surface area contributed by atoms with Gasteiger partial charge in [0.2, 0.25) is 11.8 Å². The molecule has 2 atom stereocenters. The van der Waals surface area contributed by atoms with Crippen LogP contribution in [-0.4, -0.2) is 44.0 Å². The predicted octanol–water partition coefficient (Wildman–Crippen LogP) is 2.73. The summed E-state index contributed by atoms with van der Waals surface area (Å²) in [6.07, 6.45) is -0.670. The monoisotopic (exact) mass is 429 g/mol. The lowest BCUT2D eigenvalue weighted by atomic mass is 10.0. The Kier molecular flexibility index (Phi) is 5.01. The summed E-state index contributed by atoms with van der Waals surface area (Å²) in [4.78, 5) is 42.0. The molecular formula is C25H23N3O4. The first-order valence-electron chi connectivity index (χ1n) is 10.6. The molecule has 162 valence electrons. The first-order chi connectivity index (χ1) is 15.6. The van der Waals surface area contributed by atoms with Gasteiger partial charge in [0.05, 0.1) is 23.8 Å². The first-order valence-corrected chi connectivity index (χ1v) is 10.6. The highest BCUT2D eigenvalue weighted by Gasteiger charge is 2.41. The van der Waals surface area contributed by atoms with Gasteiger partial charge in [-0.15, -0.1) is 0 Å². The summed E-state index contributed by atoms with van der Waals surface area (Å²) in [5.74, 6) is -0.569. The van der Waals surface area contributed by atoms with Crippen LogP contribution in [0.3, 0.4) is 0 Å². The maximum atomic E-state index is 13.6. The Balaban J connectivity index is 1.44. The van der Waals surface area contributed by atoms with Crippen molar-refractivity contribution < 1.29 is 19.1 Å². The molecule has 0 bridgehead atoms. The number of likely N-dealkylation sites (N-methyl/N-ethyl adjacent to an activating group) is 1. The SMILES string of the molecule is CNC(=O)[C@@H]1CN(C(=O)[C@H]2CC(=O)N(c3cccc4ccccc34)C2)c2ccccc2O1. The van der Waals surface area contributed by atoms with Gasteiger partial charge in [-0.3, -0.25) is 14.4 Å². The minimum absolute atomic E-state index is 0.0795. The van der Waals surface area contributed by atoms with E-state index in [-0.39, 0.29) is 30.7 Å². The summed E-state index contributed by atoms with van der Waals surface area (Å²) in [6.45, 7) is 0.407. The van der Waals surface area contributed by atoms with Gasteiger partial charge in [-0.2, -0.15) is 0 Å². The summed E-state index contributed by atoms with van der Waals surface area (Å²) in [5, 5.41) is 4.61. The summed E-state index contributed by atoms with van der Waals surface area (Å²) < 4.78 is 5.80. The second-order valence-corrected chi connectivity index (χ2v) is 8.04. The van der Waals surface area contributed by atoms with E-state index in [4.69, 9.17) is 4.74 Å². The second-order valence-electron chi connectivity index (χ2n) is 8.04. The fourth-order valence-electron chi connectivity index (χ4n) is 4.51. The summed E-state index contributed by atoms with van der Waals surface area (Å²) in [6, 6.07) is 20.9. The Hall–Kier alpha value is -3.87. The molecule has 32 heavy (non-hydrogen) atoms. The van der Waals surface area contributed by atoms with Gasteiger partial charge < -0.3 is 19.9 Å². The van der Waals surface area contributed by atoms with Crippen molar-refractivity contribution in [1.29, 1.82) is 0 Å². The molecule has 2 aliphatic heterocycles. The summed E-state index contributed by atoms with van der Waals surface area (Å²) >= 11 is 0. The van der Waals surface area contributed by atoms with Crippen molar-refractivity contribution >= 4 is 39.9 Å². The zero-order valence-electron chi connectivity index (χ0n) is 17.7. The van der Waals surface area contributed by atoms with Crippen LogP contribution < -0.4 is 19.9 Å². The molecule has 1 saturated heterocycles. The molecule has 7 heteroatoms. The number of rotatable bonds is 3. The molecule has 3 aromatic rings. The molecule has 3 amide bonds. The molecule has 0 saturated carbocycles. The standard InChI is InChI=1S/C25H23N3O4/c1-26-24(30)22-15-28(20-10-4-5-12-21(20)32-22)25(31)17-13-23(29)27(14-17)19-11-6-8-16-7-2-3-9-18(16)19/h2-12,17,22H,13-15H2,1H3,(H,26,30)/t17-,22-/m0/s1. The molecular weight excluding hydrogens is 406 g/mol. The number of carbonyl (C=O) groups excluding carboxylic acids is 3. The highest BCUT2D eigenvalue weighted by atomic mass is 16.5. The predicted molar refractivity (Wildman–Crippen MR) is 122 cm³/mol. The summed E-state index contributed by atoms with van der Waals surface area (Å²) in [5.41, 5.74) is 1.43. The van der Waals surface area contributed by atoms with Crippen LogP contribution in [0.4, 0.5) is 11.4 Å². The van der Waals surface area contributed by atoms with E-state index >= 15 is 0 Å². The number of para-hydroxylation sites is 2. The largest absolute Gasteiger partial charge is 0.477 e. The second kappa shape index (κ2) is 8.00. The number of nitrogens with one attached hydrogen (secondary N) is 1. The Morgan fingerprint density at radius 3 is 2.50 bits per heavy atom. The number of ether oxygens (including phenoxy) is 1. The number of benzene rings is 3. The highest BCUT2D eigenvalue weighted by molar-refractivity contribution is 6.09. The van der Waals surface area contributed by atoms with Gasteiger partial charge in [0.25, 0.3) is 5.91 Å². The molecule has 0 aromatic heterocycles. The lowest BCUT2D eigenvalue weighted by Gasteiger charge is -2.35. The van der Waals surface area contributed by atoms with Crippen molar-refractivity contribution in [3.63, 3.8) is 0 Å². The van der Waals surface area contributed by atoms with E-state index < -0.39 is 12.0 Å². The van der Waals surface area contributed by atoms with E-state index in [0.29, 0.717) is 18.0 Å². The Labute approximate surface area is 185 Å². The topological polar surface area (TPSA) is 79.0 Å². The average Bonchev–Trinajstić information content (AvgIpc) is 3.23. The van der Waals surface area contributed by atoms with E-state index in [1.807, 2.05) is 48.5 Å². The van der Waals surface area contributed by atoms with E-state index in [1.54, 1.807) is 28.0 Å². The fraction of sp³-hybridized carbons (Fsp3) is 0.240. The number of hydrogen-bond donors (Lipinski definition) is 1. The van der Waals surface area contributed by atoms with E-state index in [0.717, 1.165) is 16.5 Å². The Morgan fingerprint density at radius 1 is 0.938 bits per heavy atom. The smallest absolute Gasteiger partial charge is 0.262 e. The molecule has 1 N–H and O–H groups in total. The van der Waals surface area contributed by atoms with Crippen molar-refractivity contribution in [2.75, 3.05) is 29.9 Å². The van der Waals surface area contributed by atoms with Gasteiger partial charge in [-0.25, -0.2) is 0 Å². The molecule has 7 nitrogen and oxygen atoms in total. The number of hydrogen-bond acceptors (Lipinski definition) is 4. The van der Waals surface area contributed by atoms with Crippen molar-refractivity contribution in [1.82, 2.24) is 5.32 Å². The van der Waals surface area contributed by atoms with Gasteiger partial charge in [0, 0.05) is 25.4 Å². The minimum Gasteiger partial charge on any atom is -0.477 e. The van der Waals surface area contributed by atoms with Gasteiger partial charge in [-0.05, 0) is 23.6 Å². The van der Waals surface area contributed by atoms with Crippen LogP contribution >= 0.6 is 0 Å². The lowest BCUT2D eigenvalue weighted by Crippen LogP contribution is -2.51. The van der Waals surface area contributed by atoms with Gasteiger partial charge >= 0.3 is 0 Å². The third-order valence-electron chi connectivity index (χ3n) is 6.11. The Bertz CT molecular complexity index is 1220. The molecule has 0 radical (unpaired) electrons. The van der Waals surface area contributed by atoms with Crippen LogP contribution in [0.5, 0.6) is 5.75 Å². The molecule has 2 heterocycles. The number of carbonyl (C=O) groups is 3. The van der Waals surface area contributed by atoms with Gasteiger partial charge in [0.15, 0.2) is 6.10 Å². The number of fused-ring (bicyclic) bond motifs is 2. The van der Waals surface area contributed by atoms with E-state index in [9.17, 15) is 14.4 Å². The third-order valence-corrected chi connectivity index (χ3v) is 6.11. The lowest BCUT2D eigenvalue weighted by molar-refractivity contribution is -0.128. The normalized spacial score (nSPS) is 20.1. The molecule has 0 spiro atoms. The number of nitrogens with zero attached hydrogens (tertiary/aromatic N) is 2. The van der Waals surface area contributed by atoms with E-state index in [2.05, 4.69) is 5.32 Å². The summed E-state index contributed by atoms with van der Waals surface area (Å²) in [7, 11) is 1.54. The van der Waals surface area contributed by atoms with Crippen LogP contribution in [0.1, 0.15) is 6.42 Å². The van der Waals surface area contributed by atoms with Crippen LogP contribution in [-0.2, 0) is 14.4 Å². The van der Waals surface area contributed by atoms with Gasteiger partial charge in [0.1, 0.15) is 5.75 Å². The molecule has 5 rings (SSSR count). The number of anilines is 2. The van der Waals surface area contributed by atoms with Crippen LogP contribution in [0.25, 0.3) is 10.8 Å². The zero-order chi connectivity index (χ0) is 22.2. The van der Waals surface area contributed by atoms with Crippen LogP contribution in [0.2, 0.25) is 0 Å². The zero-order valence-corrected chi connectivity index (χ0v) is 17.7. The highest BCUT2D eigenvalue weighted by Crippen LogP contribution is 2.37. The van der Waals surface area contributed by atoms with E-state index in [1.165, 1.54) is 7.05 Å². The maximum absolute atomic E-state index is 13.6. The first kappa shape index (κ1) is 20.1. The quantitative estimate of drug-likeness (QED) is 0.695. The Morgan fingerprint density at radius 2 is 1.66 bits per heavy atom. The average molecular weight is 429 g/mol. The molecule has 2 aliphatic rings. The maximum Gasteiger partial charge on any atom is 0.262 e. The molecule has 3 aromatic carbocycles. The van der Waals surface area contributed by atoms with Crippen molar-refractivity contribution in [3.8, 4) is 5.75 Å². The molecule has 1 fully saturated rings. The van der Waals surface area contributed by atoms with Crippen molar-refractivity contribution in [2.24, 2.45) is 5.92 Å². The van der Waals surface area contributed by atoms with Gasteiger partial charge in [-0.1, -0.05) is 48.5 Å². The fourth-order valence-corrected chi connectivity index (χ4v) is 4.51. The van der Waals surface area contributed by atoms with Crippen LogP contribution in [0, 0.1) is 5.92 Å². The minimum atomic E-state index is -0.801. The number of amides is 3. The third kappa shape index (κ3) is 3.36.